The number of carboxylic acid groups (broad SMARTS) is 1. The Balaban J connectivity index is 4.04. The van der Waals surface area contributed by atoms with E-state index in [1.807, 2.05) is 6.92 Å². The van der Waals surface area contributed by atoms with Gasteiger partial charge in [0.1, 0.15) is 6.04 Å². The number of aliphatic carboxylic acids is 1. The summed E-state index contributed by atoms with van der Waals surface area (Å²) in [6.07, 6.45) is 5.62. The Morgan fingerprint density at radius 3 is 2.26 bits per heavy atom. The van der Waals surface area contributed by atoms with Crippen LogP contribution >= 0.6 is 0 Å². The number of nitrogens with one attached hydrogen (secondary N) is 2. The lowest BCUT2D eigenvalue weighted by molar-refractivity contribution is -0.139. The fourth-order valence-electron chi connectivity index (χ4n) is 1.94. The molecular formula is C14H28N2O3. The Morgan fingerprint density at radius 2 is 1.79 bits per heavy atom. The largest absolute Gasteiger partial charge is 0.480 e. The van der Waals surface area contributed by atoms with Gasteiger partial charge in [0.2, 0.25) is 0 Å². The second-order valence-electron chi connectivity index (χ2n) is 4.95. The maximum atomic E-state index is 11.6. The van der Waals surface area contributed by atoms with Crippen LogP contribution in [0.5, 0.6) is 0 Å². The summed E-state index contributed by atoms with van der Waals surface area (Å²) in [7, 11) is 0. The van der Waals surface area contributed by atoms with Gasteiger partial charge in [-0.25, -0.2) is 9.59 Å². The van der Waals surface area contributed by atoms with Gasteiger partial charge in [0.25, 0.3) is 0 Å². The molecule has 2 amide bonds. The van der Waals surface area contributed by atoms with Crippen LogP contribution in [0, 0.1) is 5.92 Å². The molecule has 0 aromatic heterocycles. The van der Waals surface area contributed by atoms with Crippen LogP contribution < -0.4 is 10.6 Å². The zero-order valence-corrected chi connectivity index (χ0v) is 12.4. The molecule has 0 radical (unpaired) electrons. The molecule has 0 aliphatic rings. The number of hydrogen-bond donors (Lipinski definition) is 3. The highest BCUT2D eigenvalue weighted by atomic mass is 16.4. The van der Waals surface area contributed by atoms with Gasteiger partial charge in [0, 0.05) is 6.54 Å². The van der Waals surface area contributed by atoms with E-state index in [9.17, 15) is 9.59 Å². The molecule has 5 nitrogen and oxygen atoms in total. The number of carbonyl (C=O) groups excluding carboxylic acids is 1. The topological polar surface area (TPSA) is 78.4 Å². The van der Waals surface area contributed by atoms with Crippen molar-refractivity contribution in [3.05, 3.63) is 0 Å². The van der Waals surface area contributed by atoms with Gasteiger partial charge in [0.05, 0.1) is 0 Å². The molecule has 0 spiro atoms. The van der Waals surface area contributed by atoms with Crippen molar-refractivity contribution in [3.63, 3.8) is 0 Å². The van der Waals surface area contributed by atoms with Crippen molar-refractivity contribution in [3.8, 4) is 0 Å². The Kier molecular flexibility index (Phi) is 9.94. The van der Waals surface area contributed by atoms with Gasteiger partial charge in [0.15, 0.2) is 0 Å². The van der Waals surface area contributed by atoms with E-state index < -0.39 is 12.0 Å². The molecule has 0 aromatic carbocycles. The van der Waals surface area contributed by atoms with Crippen LogP contribution in [0.15, 0.2) is 0 Å². The van der Waals surface area contributed by atoms with E-state index in [4.69, 9.17) is 5.11 Å². The fourth-order valence-corrected chi connectivity index (χ4v) is 1.94. The van der Waals surface area contributed by atoms with E-state index in [1.54, 1.807) is 0 Å². The monoisotopic (exact) mass is 272 g/mol. The number of unbranched alkanes of at least 4 members (excludes halogenated alkanes) is 1. The molecule has 5 heteroatoms. The second kappa shape index (κ2) is 10.6. The first-order valence-corrected chi connectivity index (χ1v) is 7.32. The molecule has 0 aliphatic heterocycles. The molecule has 0 saturated heterocycles. The van der Waals surface area contributed by atoms with Crippen molar-refractivity contribution in [2.24, 2.45) is 5.92 Å². The second-order valence-corrected chi connectivity index (χ2v) is 4.95. The number of rotatable bonds is 10. The third-order valence-corrected chi connectivity index (χ3v) is 3.28. The fraction of sp³-hybridized carbons (Fsp3) is 0.857. The predicted octanol–water partition coefficient (Wildman–Crippen LogP) is 2.76. The van der Waals surface area contributed by atoms with Crippen LogP contribution in [0.1, 0.15) is 59.3 Å². The molecule has 0 aliphatic carbocycles. The molecule has 3 N–H and O–H groups in total. The molecular weight excluding hydrogens is 244 g/mol. The van der Waals surface area contributed by atoms with Gasteiger partial charge in [-0.2, -0.15) is 0 Å². The average molecular weight is 272 g/mol. The third kappa shape index (κ3) is 8.46. The first-order valence-electron chi connectivity index (χ1n) is 7.32. The summed E-state index contributed by atoms with van der Waals surface area (Å²) < 4.78 is 0. The van der Waals surface area contributed by atoms with E-state index in [0.717, 1.165) is 32.1 Å². The lowest BCUT2D eigenvalue weighted by Gasteiger charge is -2.18. The van der Waals surface area contributed by atoms with E-state index >= 15 is 0 Å². The van der Waals surface area contributed by atoms with Crippen molar-refractivity contribution >= 4 is 12.0 Å². The quantitative estimate of drug-likeness (QED) is 0.572. The molecule has 0 heterocycles. The van der Waals surface area contributed by atoms with Gasteiger partial charge in [-0.1, -0.05) is 46.5 Å². The normalized spacial score (nSPS) is 13.6. The highest BCUT2D eigenvalue weighted by Crippen LogP contribution is 2.11. The molecule has 2 unspecified atom stereocenters. The van der Waals surface area contributed by atoms with Crippen LogP contribution in [0.25, 0.3) is 0 Å². The number of hydrogen-bond acceptors (Lipinski definition) is 2. The minimum atomic E-state index is -0.977. The number of amides is 2. The first kappa shape index (κ1) is 17.7. The van der Waals surface area contributed by atoms with Gasteiger partial charge >= 0.3 is 12.0 Å². The van der Waals surface area contributed by atoms with Gasteiger partial charge in [-0.05, 0) is 18.8 Å². The molecule has 0 rings (SSSR count). The summed E-state index contributed by atoms with van der Waals surface area (Å²) in [5.74, 6) is -0.504. The van der Waals surface area contributed by atoms with E-state index in [1.165, 1.54) is 0 Å². The van der Waals surface area contributed by atoms with E-state index in [0.29, 0.717) is 18.9 Å². The minimum absolute atomic E-state index is 0.379. The smallest absolute Gasteiger partial charge is 0.326 e. The van der Waals surface area contributed by atoms with Crippen LogP contribution in [-0.2, 0) is 4.79 Å². The van der Waals surface area contributed by atoms with Crippen LogP contribution in [-0.4, -0.2) is 29.7 Å². The molecule has 0 aromatic rings. The van der Waals surface area contributed by atoms with Crippen molar-refractivity contribution in [1.82, 2.24) is 10.6 Å². The Bertz CT molecular complexity index is 269. The number of carboxylic acids is 1. The zero-order chi connectivity index (χ0) is 14.7. The standard InChI is InChI=1S/C14H28N2O3/c1-4-7-9-11(6-3)10-15-14(19)16-12(8-5-2)13(17)18/h11-12H,4-10H2,1-3H3,(H,17,18)(H2,15,16,19). The van der Waals surface area contributed by atoms with E-state index in [-0.39, 0.29) is 6.03 Å². The van der Waals surface area contributed by atoms with Crippen molar-refractivity contribution < 1.29 is 14.7 Å². The molecule has 2 atom stereocenters. The highest BCUT2D eigenvalue weighted by molar-refractivity contribution is 5.82. The third-order valence-electron chi connectivity index (χ3n) is 3.28. The summed E-state index contributed by atoms with van der Waals surface area (Å²) in [6, 6.07) is -1.17. The van der Waals surface area contributed by atoms with Crippen molar-refractivity contribution in [2.45, 2.75) is 65.3 Å². The number of urea groups is 1. The lowest BCUT2D eigenvalue weighted by Crippen LogP contribution is -2.47. The Morgan fingerprint density at radius 1 is 1.11 bits per heavy atom. The highest BCUT2D eigenvalue weighted by Gasteiger charge is 2.18. The molecule has 0 bridgehead atoms. The van der Waals surface area contributed by atoms with Crippen LogP contribution in [0.3, 0.4) is 0 Å². The summed E-state index contributed by atoms with van der Waals surface area (Å²) in [4.78, 5) is 22.6. The summed E-state index contributed by atoms with van der Waals surface area (Å²) in [5.41, 5.74) is 0. The van der Waals surface area contributed by atoms with Crippen molar-refractivity contribution in [2.75, 3.05) is 6.54 Å². The zero-order valence-electron chi connectivity index (χ0n) is 12.4. The number of carbonyl (C=O) groups is 2. The summed E-state index contributed by atoms with van der Waals surface area (Å²) in [5, 5.41) is 14.2. The van der Waals surface area contributed by atoms with Gasteiger partial charge < -0.3 is 15.7 Å². The first-order chi connectivity index (χ1) is 9.04. The molecule has 0 fully saturated rings. The van der Waals surface area contributed by atoms with Crippen molar-refractivity contribution in [1.29, 1.82) is 0 Å². The SMILES string of the molecule is CCCCC(CC)CNC(=O)NC(CCC)C(=O)O. The Hall–Kier alpha value is -1.26. The molecule has 19 heavy (non-hydrogen) atoms. The van der Waals surface area contributed by atoms with E-state index in [2.05, 4.69) is 24.5 Å². The van der Waals surface area contributed by atoms with Gasteiger partial charge in [-0.15, -0.1) is 0 Å². The summed E-state index contributed by atoms with van der Waals surface area (Å²) >= 11 is 0. The Labute approximate surface area is 116 Å². The van der Waals surface area contributed by atoms with Crippen LogP contribution in [0.4, 0.5) is 4.79 Å². The predicted molar refractivity (Wildman–Crippen MR) is 76.2 cm³/mol. The molecule has 0 saturated carbocycles. The lowest BCUT2D eigenvalue weighted by atomic mass is 9.99. The van der Waals surface area contributed by atoms with Gasteiger partial charge in [-0.3, -0.25) is 0 Å². The maximum Gasteiger partial charge on any atom is 0.326 e. The minimum Gasteiger partial charge on any atom is -0.480 e. The summed E-state index contributed by atoms with van der Waals surface area (Å²) in [6.45, 7) is 6.76. The van der Waals surface area contributed by atoms with Crippen LogP contribution in [0.2, 0.25) is 0 Å². The maximum absolute atomic E-state index is 11.6. The molecule has 112 valence electrons. The average Bonchev–Trinajstić information content (AvgIpc) is 2.38.